The van der Waals surface area contributed by atoms with E-state index in [9.17, 15) is 27.9 Å². The van der Waals surface area contributed by atoms with Gasteiger partial charge in [-0.1, -0.05) is 35.9 Å². The number of hydrogen-bond acceptors (Lipinski definition) is 5. The van der Waals surface area contributed by atoms with Crippen molar-refractivity contribution in [3.8, 4) is 11.5 Å². The molecule has 30 heavy (non-hydrogen) atoms. The number of rotatable bonds is 3. The summed E-state index contributed by atoms with van der Waals surface area (Å²) in [4.78, 5) is 24.8. The second-order valence-corrected chi connectivity index (χ2v) is 7.16. The van der Waals surface area contributed by atoms with E-state index in [1.165, 1.54) is 30.3 Å². The number of ether oxygens (including phenoxy) is 2. The van der Waals surface area contributed by atoms with E-state index in [2.05, 4.69) is 10.6 Å². The number of amides is 2. The summed E-state index contributed by atoms with van der Waals surface area (Å²) in [7, 11) is 0. The van der Waals surface area contributed by atoms with Crippen LogP contribution in [-0.4, -0.2) is 29.9 Å². The molecule has 2 aliphatic rings. The highest BCUT2D eigenvalue weighted by molar-refractivity contribution is 5.91. The molecule has 2 amide bonds. The summed E-state index contributed by atoms with van der Waals surface area (Å²) in [6.45, 7) is 1.69. The molecule has 0 bridgehead atoms. The minimum Gasteiger partial charge on any atom is -0.454 e. The Morgan fingerprint density at radius 3 is 2.47 bits per heavy atom. The monoisotopic (exact) mass is 422 g/mol. The van der Waals surface area contributed by atoms with Crippen LogP contribution in [0.4, 0.5) is 18.0 Å². The van der Waals surface area contributed by atoms with Gasteiger partial charge < -0.3 is 25.2 Å². The van der Waals surface area contributed by atoms with Gasteiger partial charge in [0, 0.05) is 5.56 Å². The van der Waals surface area contributed by atoms with E-state index in [0.717, 1.165) is 5.56 Å². The molecule has 2 heterocycles. The van der Waals surface area contributed by atoms with Crippen molar-refractivity contribution < 1.29 is 37.3 Å². The van der Waals surface area contributed by atoms with Crippen LogP contribution in [0.5, 0.6) is 11.5 Å². The van der Waals surface area contributed by atoms with Gasteiger partial charge in [0.25, 0.3) is 0 Å². The van der Waals surface area contributed by atoms with E-state index in [0.29, 0.717) is 5.75 Å². The van der Waals surface area contributed by atoms with Gasteiger partial charge in [0.1, 0.15) is 5.92 Å². The molecule has 0 radical (unpaired) electrons. The van der Waals surface area contributed by atoms with Crippen LogP contribution in [0.15, 0.2) is 42.5 Å². The first-order valence-electron chi connectivity index (χ1n) is 8.98. The minimum absolute atomic E-state index is 0.0451. The van der Waals surface area contributed by atoms with Gasteiger partial charge in [-0.3, -0.25) is 4.79 Å². The summed E-state index contributed by atoms with van der Waals surface area (Å²) in [5, 5.41) is 15.7. The zero-order valence-corrected chi connectivity index (χ0v) is 15.6. The molecule has 158 valence electrons. The highest BCUT2D eigenvalue weighted by Gasteiger charge is 2.59. The van der Waals surface area contributed by atoms with Crippen molar-refractivity contribution in [3.05, 3.63) is 59.2 Å². The summed E-state index contributed by atoms with van der Waals surface area (Å²) in [6.07, 6.45) is -5.25. The Morgan fingerprint density at radius 1 is 1.13 bits per heavy atom. The number of urea groups is 1. The van der Waals surface area contributed by atoms with Crippen molar-refractivity contribution in [2.24, 2.45) is 5.92 Å². The molecule has 4 rings (SSSR count). The first-order valence-corrected chi connectivity index (χ1v) is 8.98. The molecule has 0 aromatic heterocycles. The number of Topliss-reactive ketones (excluding diaryl/α,β-unsaturated/α-hetero) is 1. The maximum atomic E-state index is 13.5. The van der Waals surface area contributed by atoms with Crippen molar-refractivity contribution >= 4 is 11.8 Å². The Hall–Kier alpha value is -3.27. The molecule has 0 aliphatic carbocycles. The summed E-state index contributed by atoms with van der Waals surface area (Å²) >= 11 is 0. The maximum Gasteiger partial charge on any atom is 0.450 e. The number of benzene rings is 2. The number of fused-ring (bicyclic) bond motifs is 1. The Kier molecular flexibility index (Phi) is 4.61. The van der Waals surface area contributed by atoms with Crippen molar-refractivity contribution in [1.29, 1.82) is 0 Å². The second-order valence-electron chi connectivity index (χ2n) is 7.16. The van der Waals surface area contributed by atoms with E-state index in [1.54, 1.807) is 19.1 Å². The van der Waals surface area contributed by atoms with Crippen LogP contribution < -0.4 is 20.1 Å². The lowest BCUT2D eigenvalue weighted by atomic mass is 9.76. The van der Waals surface area contributed by atoms with Crippen molar-refractivity contribution in [2.45, 2.75) is 24.9 Å². The lowest BCUT2D eigenvalue weighted by Crippen LogP contribution is -2.66. The third kappa shape index (κ3) is 3.32. The summed E-state index contributed by atoms with van der Waals surface area (Å²) in [5.74, 6) is -3.64. The van der Waals surface area contributed by atoms with Gasteiger partial charge in [-0.05, 0) is 24.6 Å². The minimum atomic E-state index is -5.25. The number of nitrogens with one attached hydrogen (secondary N) is 2. The third-order valence-corrected chi connectivity index (χ3v) is 5.18. The molecule has 2 aromatic carbocycles. The van der Waals surface area contributed by atoms with E-state index < -0.39 is 35.7 Å². The van der Waals surface area contributed by atoms with Gasteiger partial charge in [0.2, 0.25) is 12.6 Å². The molecule has 2 aromatic rings. The van der Waals surface area contributed by atoms with Crippen LogP contribution in [0.1, 0.15) is 22.7 Å². The molecule has 0 saturated carbocycles. The molecule has 2 aliphatic heterocycles. The topological polar surface area (TPSA) is 96.9 Å². The zero-order chi connectivity index (χ0) is 21.7. The summed E-state index contributed by atoms with van der Waals surface area (Å²) in [5.41, 5.74) is -1.70. The normalized spacial score (nSPS) is 25.4. The first kappa shape index (κ1) is 20.0. The van der Waals surface area contributed by atoms with Crippen LogP contribution in [0, 0.1) is 12.8 Å². The van der Waals surface area contributed by atoms with Gasteiger partial charge in [-0.15, -0.1) is 0 Å². The number of hydrogen-bond donors (Lipinski definition) is 3. The van der Waals surface area contributed by atoms with Crippen LogP contribution in [0.25, 0.3) is 0 Å². The van der Waals surface area contributed by atoms with Crippen molar-refractivity contribution in [2.75, 3.05) is 6.79 Å². The number of alkyl halides is 3. The number of ketones is 1. The molecule has 3 atom stereocenters. The number of aryl methyl sites for hydroxylation is 1. The largest absolute Gasteiger partial charge is 0.454 e. The molecular weight excluding hydrogens is 405 g/mol. The van der Waals surface area contributed by atoms with Gasteiger partial charge in [0.05, 0.1) is 6.04 Å². The predicted molar refractivity (Wildman–Crippen MR) is 96.6 cm³/mol. The Balaban J connectivity index is 1.86. The van der Waals surface area contributed by atoms with Crippen LogP contribution in [0.2, 0.25) is 0 Å². The summed E-state index contributed by atoms with van der Waals surface area (Å²) < 4.78 is 51.0. The third-order valence-electron chi connectivity index (χ3n) is 5.18. The standard InChI is InChI=1S/C20H17F3N2O5/c1-10-2-5-12(6-3-10)19(28)15(17(26)20(21,22)23)16(24-18(27)25-19)11-4-7-13-14(8-11)30-9-29-13/h2-8,15-16,28H,9H2,1H3,(H2,24,25,27)/t15-,16+,19+/m0/s1. The smallest absolute Gasteiger partial charge is 0.450 e. The average Bonchev–Trinajstić information content (AvgIpc) is 3.14. The molecule has 10 heteroatoms. The van der Waals surface area contributed by atoms with E-state index in [-0.39, 0.29) is 23.7 Å². The lowest BCUT2D eigenvalue weighted by molar-refractivity contribution is -0.190. The highest BCUT2D eigenvalue weighted by atomic mass is 19.4. The molecule has 1 saturated heterocycles. The lowest BCUT2D eigenvalue weighted by Gasteiger charge is -2.45. The number of halogens is 3. The van der Waals surface area contributed by atoms with E-state index >= 15 is 0 Å². The number of aliphatic hydroxyl groups is 1. The van der Waals surface area contributed by atoms with Crippen molar-refractivity contribution in [3.63, 3.8) is 0 Å². The molecule has 0 spiro atoms. The fourth-order valence-corrected chi connectivity index (χ4v) is 3.71. The van der Waals surface area contributed by atoms with Crippen LogP contribution in [0.3, 0.4) is 0 Å². The van der Waals surface area contributed by atoms with E-state index in [4.69, 9.17) is 9.47 Å². The Bertz CT molecular complexity index is 1010. The first-order chi connectivity index (χ1) is 14.1. The number of carbonyl (C=O) groups excluding carboxylic acids is 2. The van der Waals surface area contributed by atoms with Crippen LogP contribution >= 0.6 is 0 Å². The fourth-order valence-electron chi connectivity index (χ4n) is 3.71. The van der Waals surface area contributed by atoms with Crippen molar-refractivity contribution in [1.82, 2.24) is 10.6 Å². The molecular formula is C20H17F3N2O5. The molecule has 3 N–H and O–H groups in total. The zero-order valence-electron chi connectivity index (χ0n) is 15.6. The van der Waals surface area contributed by atoms with E-state index in [1.807, 2.05) is 0 Å². The average molecular weight is 422 g/mol. The van der Waals surface area contributed by atoms with Gasteiger partial charge >= 0.3 is 12.2 Å². The maximum absolute atomic E-state index is 13.5. The highest BCUT2D eigenvalue weighted by Crippen LogP contribution is 2.44. The molecule has 7 nitrogen and oxygen atoms in total. The quantitative estimate of drug-likeness (QED) is 0.707. The SMILES string of the molecule is Cc1ccc([C@]2(O)NC(=O)N[C@H](c3ccc4c(c3)OCO4)[C@H]2C(=O)C(F)(F)F)cc1. The van der Waals surface area contributed by atoms with Gasteiger partial charge in [-0.25, -0.2) is 4.79 Å². The van der Waals surface area contributed by atoms with Crippen LogP contribution in [-0.2, 0) is 10.5 Å². The van der Waals surface area contributed by atoms with Gasteiger partial charge in [0.15, 0.2) is 17.2 Å². The Labute approximate surface area is 168 Å². The predicted octanol–water partition coefficient (Wildman–Crippen LogP) is 2.67. The molecule has 1 fully saturated rings. The fraction of sp³-hybridized carbons (Fsp3) is 0.300. The second kappa shape index (κ2) is 6.91. The van der Waals surface area contributed by atoms with Gasteiger partial charge in [-0.2, -0.15) is 13.2 Å². The molecule has 0 unspecified atom stereocenters. The Morgan fingerprint density at radius 2 is 1.80 bits per heavy atom. The number of carbonyl (C=O) groups is 2. The summed E-state index contributed by atoms with van der Waals surface area (Å²) in [6, 6.07) is 7.72.